The van der Waals surface area contributed by atoms with Gasteiger partial charge in [-0.1, -0.05) is 26.7 Å². The molecule has 0 unspecified atom stereocenters. The summed E-state index contributed by atoms with van der Waals surface area (Å²) in [6.07, 6.45) is 5.59. The van der Waals surface area contributed by atoms with Crippen LogP contribution in [0.25, 0.3) is 0 Å². The highest BCUT2D eigenvalue weighted by molar-refractivity contribution is 5.93. The average Bonchev–Trinajstić information content (AvgIpc) is 2.54. The van der Waals surface area contributed by atoms with Crippen molar-refractivity contribution in [3.8, 4) is 0 Å². The summed E-state index contributed by atoms with van der Waals surface area (Å²) >= 11 is 0. The molecule has 5 nitrogen and oxygen atoms in total. The lowest BCUT2D eigenvalue weighted by molar-refractivity contribution is 0.0551. The maximum Gasteiger partial charge on any atom is 0.337 e. The fraction of sp³-hybridized carbons (Fsp3) is 0.562. The SMILES string of the molecule is CCC1(CC)CCN(C(=O)c2ccc(C(=O)O)cn2)CC1. The normalized spacial score (nSPS) is 17.5. The van der Waals surface area contributed by atoms with Gasteiger partial charge in [0.15, 0.2) is 0 Å². The smallest absolute Gasteiger partial charge is 0.337 e. The lowest BCUT2D eigenvalue weighted by Gasteiger charge is -2.40. The van der Waals surface area contributed by atoms with Crippen LogP contribution < -0.4 is 0 Å². The number of hydrogen-bond acceptors (Lipinski definition) is 3. The molecule has 1 amide bonds. The van der Waals surface area contributed by atoms with Crippen LogP contribution in [0.5, 0.6) is 0 Å². The summed E-state index contributed by atoms with van der Waals surface area (Å²) in [5, 5.41) is 8.84. The molecule has 5 heteroatoms. The van der Waals surface area contributed by atoms with Crippen molar-refractivity contribution in [1.82, 2.24) is 9.88 Å². The van der Waals surface area contributed by atoms with Gasteiger partial charge in [-0.25, -0.2) is 4.79 Å². The predicted octanol–water partition coefficient (Wildman–Crippen LogP) is 2.82. The molecule has 114 valence electrons. The number of likely N-dealkylation sites (tertiary alicyclic amines) is 1. The third kappa shape index (κ3) is 3.23. The topological polar surface area (TPSA) is 70.5 Å². The van der Waals surface area contributed by atoms with E-state index in [1.54, 1.807) is 0 Å². The van der Waals surface area contributed by atoms with Crippen molar-refractivity contribution in [1.29, 1.82) is 0 Å². The van der Waals surface area contributed by atoms with E-state index in [4.69, 9.17) is 5.11 Å². The molecule has 1 saturated heterocycles. The van der Waals surface area contributed by atoms with Crippen LogP contribution in [0, 0.1) is 5.41 Å². The molecule has 1 aliphatic rings. The largest absolute Gasteiger partial charge is 0.478 e. The van der Waals surface area contributed by atoms with Gasteiger partial charge in [-0.3, -0.25) is 9.78 Å². The zero-order chi connectivity index (χ0) is 15.5. The van der Waals surface area contributed by atoms with E-state index >= 15 is 0 Å². The number of aromatic carboxylic acids is 1. The van der Waals surface area contributed by atoms with E-state index in [9.17, 15) is 9.59 Å². The van der Waals surface area contributed by atoms with E-state index in [-0.39, 0.29) is 11.5 Å². The molecule has 0 spiro atoms. The van der Waals surface area contributed by atoms with Crippen molar-refractivity contribution in [3.63, 3.8) is 0 Å². The Kier molecular flexibility index (Phi) is 4.60. The molecule has 0 bridgehead atoms. The van der Waals surface area contributed by atoms with Crippen LogP contribution in [-0.2, 0) is 0 Å². The van der Waals surface area contributed by atoms with Gasteiger partial charge in [0.05, 0.1) is 5.56 Å². The first-order valence-electron chi connectivity index (χ1n) is 7.50. The molecular formula is C16H22N2O3. The summed E-state index contributed by atoms with van der Waals surface area (Å²) in [6, 6.07) is 2.92. The number of carbonyl (C=O) groups excluding carboxylic acids is 1. The maximum atomic E-state index is 12.4. The summed E-state index contributed by atoms with van der Waals surface area (Å²) in [7, 11) is 0. The molecule has 0 aliphatic carbocycles. The Labute approximate surface area is 125 Å². The van der Waals surface area contributed by atoms with E-state index in [2.05, 4.69) is 18.8 Å². The third-order valence-corrected chi connectivity index (χ3v) is 4.84. The molecule has 1 N–H and O–H groups in total. The summed E-state index contributed by atoms with van der Waals surface area (Å²) in [5.41, 5.74) is 0.791. The van der Waals surface area contributed by atoms with Gasteiger partial charge in [-0.15, -0.1) is 0 Å². The van der Waals surface area contributed by atoms with Crippen LogP contribution >= 0.6 is 0 Å². The number of carboxylic acid groups (broad SMARTS) is 1. The second-order valence-electron chi connectivity index (χ2n) is 5.74. The van der Waals surface area contributed by atoms with Gasteiger partial charge in [0.1, 0.15) is 5.69 Å². The van der Waals surface area contributed by atoms with E-state index in [1.165, 1.54) is 18.3 Å². The number of carboxylic acids is 1. The number of piperidine rings is 1. The standard InChI is InChI=1S/C16H22N2O3/c1-3-16(4-2)7-9-18(10-8-16)14(19)13-6-5-12(11-17-13)15(20)21/h5-6,11H,3-4,7-10H2,1-2H3,(H,20,21). The summed E-state index contributed by atoms with van der Waals surface area (Å²) < 4.78 is 0. The van der Waals surface area contributed by atoms with Gasteiger partial charge in [-0.2, -0.15) is 0 Å². The second-order valence-corrected chi connectivity index (χ2v) is 5.74. The van der Waals surface area contributed by atoms with Crippen LogP contribution in [0.4, 0.5) is 0 Å². The molecule has 21 heavy (non-hydrogen) atoms. The monoisotopic (exact) mass is 290 g/mol. The third-order valence-electron chi connectivity index (χ3n) is 4.84. The molecule has 1 aromatic rings. The highest BCUT2D eigenvalue weighted by Gasteiger charge is 2.33. The first-order valence-corrected chi connectivity index (χ1v) is 7.50. The Bertz CT molecular complexity index is 511. The number of rotatable bonds is 4. The van der Waals surface area contributed by atoms with Gasteiger partial charge in [0.2, 0.25) is 0 Å². The lowest BCUT2D eigenvalue weighted by Crippen LogP contribution is -2.43. The van der Waals surface area contributed by atoms with Crippen molar-refractivity contribution >= 4 is 11.9 Å². The number of pyridine rings is 1. The van der Waals surface area contributed by atoms with Gasteiger partial charge in [0, 0.05) is 19.3 Å². The molecule has 2 heterocycles. The summed E-state index contributed by atoms with van der Waals surface area (Å²) in [5.74, 6) is -1.14. The Hall–Kier alpha value is -1.91. The first kappa shape index (κ1) is 15.5. The Morgan fingerprint density at radius 3 is 2.29 bits per heavy atom. The van der Waals surface area contributed by atoms with Gasteiger partial charge >= 0.3 is 5.97 Å². The highest BCUT2D eigenvalue weighted by atomic mass is 16.4. The minimum atomic E-state index is -1.03. The quantitative estimate of drug-likeness (QED) is 0.925. The molecule has 0 aromatic carbocycles. The molecule has 1 fully saturated rings. The number of nitrogens with zero attached hydrogens (tertiary/aromatic N) is 2. The van der Waals surface area contributed by atoms with Gasteiger partial charge in [-0.05, 0) is 30.4 Å². The Morgan fingerprint density at radius 2 is 1.86 bits per heavy atom. The average molecular weight is 290 g/mol. The van der Waals surface area contributed by atoms with Crippen molar-refractivity contribution in [2.45, 2.75) is 39.5 Å². The maximum absolute atomic E-state index is 12.4. The molecule has 1 aromatic heterocycles. The fourth-order valence-corrected chi connectivity index (χ4v) is 2.95. The van der Waals surface area contributed by atoms with Gasteiger partial charge < -0.3 is 10.0 Å². The first-order chi connectivity index (χ1) is 10.0. The Balaban J connectivity index is 2.03. The number of carbonyl (C=O) groups is 2. The van der Waals surface area contributed by atoms with E-state index < -0.39 is 5.97 Å². The number of hydrogen-bond donors (Lipinski definition) is 1. The minimum absolute atomic E-state index is 0.0983. The molecule has 1 aliphatic heterocycles. The summed E-state index contributed by atoms with van der Waals surface area (Å²) in [6.45, 7) is 5.94. The van der Waals surface area contributed by atoms with Gasteiger partial charge in [0.25, 0.3) is 5.91 Å². The molecule has 0 radical (unpaired) electrons. The van der Waals surface area contributed by atoms with Crippen LogP contribution in [0.2, 0.25) is 0 Å². The van der Waals surface area contributed by atoms with Crippen LogP contribution in [0.15, 0.2) is 18.3 Å². The number of amides is 1. The highest BCUT2D eigenvalue weighted by Crippen LogP contribution is 2.38. The predicted molar refractivity (Wildman–Crippen MR) is 79.3 cm³/mol. The molecular weight excluding hydrogens is 268 g/mol. The van der Waals surface area contributed by atoms with E-state index in [0.29, 0.717) is 11.1 Å². The van der Waals surface area contributed by atoms with Crippen LogP contribution in [0.1, 0.15) is 60.4 Å². The minimum Gasteiger partial charge on any atom is -0.478 e. The van der Waals surface area contributed by atoms with Crippen molar-refractivity contribution in [2.24, 2.45) is 5.41 Å². The summed E-state index contributed by atoms with van der Waals surface area (Å²) in [4.78, 5) is 29.0. The molecule has 0 atom stereocenters. The lowest BCUT2D eigenvalue weighted by atomic mass is 9.74. The zero-order valence-electron chi connectivity index (χ0n) is 12.6. The van der Waals surface area contributed by atoms with Crippen LogP contribution in [0.3, 0.4) is 0 Å². The van der Waals surface area contributed by atoms with Crippen LogP contribution in [-0.4, -0.2) is 40.0 Å². The fourth-order valence-electron chi connectivity index (χ4n) is 2.95. The Morgan fingerprint density at radius 1 is 1.24 bits per heavy atom. The second kappa shape index (κ2) is 6.24. The molecule has 2 rings (SSSR count). The van der Waals surface area contributed by atoms with E-state index in [0.717, 1.165) is 38.8 Å². The zero-order valence-corrected chi connectivity index (χ0v) is 12.6. The van der Waals surface area contributed by atoms with Crippen molar-refractivity contribution < 1.29 is 14.7 Å². The number of aromatic nitrogens is 1. The van der Waals surface area contributed by atoms with Crippen molar-refractivity contribution in [3.05, 3.63) is 29.6 Å². The molecule has 0 saturated carbocycles. The van der Waals surface area contributed by atoms with Crippen molar-refractivity contribution in [2.75, 3.05) is 13.1 Å². The van der Waals surface area contributed by atoms with E-state index in [1.807, 2.05) is 4.90 Å².